The van der Waals surface area contributed by atoms with Gasteiger partial charge in [0, 0.05) is 5.56 Å². The summed E-state index contributed by atoms with van der Waals surface area (Å²) in [7, 11) is 1.61. The molecule has 3 aromatic rings. The molecule has 0 radical (unpaired) electrons. The van der Waals surface area contributed by atoms with Crippen LogP contribution in [0.15, 0.2) is 78.9 Å². The molecule has 128 valence electrons. The van der Waals surface area contributed by atoms with Gasteiger partial charge in [-0.1, -0.05) is 66.4 Å². The molecule has 0 aliphatic rings. The number of rotatable bonds is 4. The van der Waals surface area contributed by atoms with E-state index >= 15 is 0 Å². The highest BCUT2D eigenvalue weighted by Gasteiger charge is 2.11. The summed E-state index contributed by atoms with van der Waals surface area (Å²) >= 11 is 0. The zero-order valence-corrected chi connectivity index (χ0v) is 14.4. The second kappa shape index (κ2) is 8.55. The predicted octanol–water partition coefficient (Wildman–Crippen LogP) is 4.45. The highest BCUT2D eigenvalue weighted by Crippen LogP contribution is 2.17. The van der Waals surface area contributed by atoms with Gasteiger partial charge in [0.1, 0.15) is 12.4 Å². The van der Waals surface area contributed by atoms with Gasteiger partial charge in [-0.25, -0.2) is 4.79 Å². The minimum atomic E-state index is -0.390. The molecule has 0 unspecified atom stereocenters. The number of benzene rings is 3. The zero-order chi connectivity index (χ0) is 18.2. The van der Waals surface area contributed by atoms with E-state index in [-0.39, 0.29) is 6.61 Å². The van der Waals surface area contributed by atoms with E-state index in [0.717, 1.165) is 11.1 Å². The molecule has 0 aliphatic heterocycles. The first-order valence-corrected chi connectivity index (χ1v) is 8.23. The molecule has 0 fully saturated rings. The van der Waals surface area contributed by atoms with Crippen LogP contribution in [0.4, 0.5) is 0 Å². The van der Waals surface area contributed by atoms with Crippen LogP contribution in [-0.4, -0.2) is 13.1 Å². The lowest BCUT2D eigenvalue weighted by molar-refractivity contribution is 0.0472. The van der Waals surface area contributed by atoms with Gasteiger partial charge in [0.2, 0.25) is 0 Å². The molecular weight excluding hydrogens is 324 g/mol. The summed E-state index contributed by atoms with van der Waals surface area (Å²) in [6, 6.07) is 24.3. The van der Waals surface area contributed by atoms with Crippen molar-refractivity contribution in [1.29, 1.82) is 0 Å². The molecule has 0 bridgehead atoms. The van der Waals surface area contributed by atoms with E-state index in [4.69, 9.17) is 9.47 Å². The maximum Gasteiger partial charge on any atom is 0.339 e. The average Bonchev–Trinajstić information content (AvgIpc) is 2.71. The highest BCUT2D eigenvalue weighted by molar-refractivity contribution is 5.92. The van der Waals surface area contributed by atoms with Gasteiger partial charge in [-0.2, -0.15) is 0 Å². The first kappa shape index (κ1) is 17.3. The third kappa shape index (κ3) is 4.31. The molecule has 0 spiro atoms. The maximum atomic E-state index is 12.5. The normalized spacial score (nSPS) is 9.73. The molecule has 0 amide bonds. The Kier molecular flexibility index (Phi) is 5.69. The summed E-state index contributed by atoms with van der Waals surface area (Å²) in [6.45, 7) is 0.230. The Bertz CT molecular complexity index is 950. The van der Waals surface area contributed by atoms with Crippen molar-refractivity contribution in [2.75, 3.05) is 7.11 Å². The van der Waals surface area contributed by atoms with Crippen LogP contribution < -0.4 is 4.74 Å². The molecule has 0 saturated heterocycles. The Labute approximate surface area is 153 Å². The number of carbonyl (C=O) groups excluding carboxylic acids is 1. The van der Waals surface area contributed by atoms with Crippen molar-refractivity contribution < 1.29 is 14.3 Å². The number of carbonyl (C=O) groups is 1. The quantitative estimate of drug-likeness (QED) is 0.519. The minimum Gasteiger partial charge on any atom is -0.495 e. The SMILES string of the molecule is COc1ccccc1C#Cc1ccccc1C(=O)OCc1ccccc1. The Morgan fingerprint density at radius 2 is 1.42 bits per heavy atom. The van der Waals surface area contributed by atoms with E-state index in [1.165, 1.54) is 0 Å². The summed E-state index contributed by atoms with van der Waals surface area (Å²) < 4.78 is 10.7. The van der Waals surface area contributed by atoms with Crippen LogP contribution in [0.3, 0.4) is 0 Å². The fourth-order valence-electron chi connectivity index (χ4n) is 2.45. The van der Waals surface area contributed by atoms with Gasteiger partial charge < -0.3 is 9.47 Å². The molecule has 3 nitrogen and oxygen atoms in total. The van der Waals surface area contributed by atoms with Gasteiger partial charge in [-0.15, -0.1) is 0 Å². The molecule has 0 aliphatic carbocycles. The van der Waals surface area contributed by atoms with Crippen LogP contribution in [0.25, 0.3) is 0 Å². The van der Waals surface area contributed by atoms with Crippen LogP contribution in [0.2, 0.25) is 0 Å². The lowest BCUT2D eigenvalue weighted by atomic mass is 10.1. The van der Waals surface area contributed by atoms with Gasteiger partial charge in [-0.05, 0) is 29.8 Å². The molecule has 0 aromatic heterocycles. The molecule has 3 rings (SSSR count). The van der Waals surface area contributed by atoms with E-state index in [1.54, 1.807) is 19.2 Å². The summed E-state index contributed by atoms with van der Waals surface area (Å²) in [4.78, 5) is 12.5. The van der Waals surface area contributed by atoms with Crippen molar-refractivity contribution in [2.45, 2.75) is 6.61 Å². The molecule has 3 aromatic carbocycles. The van der Waals surface area contributed by atoms with Gasteiger partial charge in [0.15, 0.2) is 0 Å². The fraction of sp³-hybridized carbons (Fsp3) is 0.0870. The Morgan fingerprint density at radius 3 is 2.19 bits per heavy atom. The van der Waals surface area contributed by atoms with Gasteiger partial charge in [0.05, 0.1) is 18.2 Å². The Hall–Kier alpha value is -3.51. The summed E-state index contributed by atoms with van der Waals surface area (Å²) in [5.41, 5.74) is 2.78. The summed E-state index contributed by atoms with van der Waals surface area (Å²) in [5.74, 6) is 6.43. The fourth-order valence-corrected chi connectivity index (χ4v) is 2.45. The van der Waals surface area contributed by atoms with E-state index in [0.29, 0.717) is 16.9 Å². The molecule has 3 heteroatoms. The summed E-state index contributed by atoms with van der Waals surface area (Å²) in [6.07, 6.45) is 0. The number of ether oxygens (including phenoxy) is 2. The van der Waals surface area contributed by atoms with Crippen LogP contribution >= 0.6 is 0 Å². The number of esters is 1. The Balaban J connectivity index is 1.80. The zero-order valence-electron chi connectivity index (χ0n) is 14.4. The van der Waals surface area contributed by atoms with Gasteiger partial charge >= 0.3 is 5.97 Å². The van der Waals surface area contributed by atoms with Crippen molar-refractivity contribution in [2.24, 2.45) is 0 Å². The second-order valence-electron chi connectivity index (χ2n) is 5.56. The van der Waals surface area contributed by atoms with Crippen molar-refractivity contribution in [3.63, 3.8) is 0 Å². The van der Waals surface area contributed by atoms with Gasteiger partial charge in [0.25, 0.3) is 0 Å². The average molecular weight is 342 g/mol. The van der Waals surface area contributed by atoms with Crippen LogP contribution in [0, 0.1) is 11.8 Å². The standard InChI is InChI=1S/C23H18O3/c1-25-22-14-8-6-12-20(22)16-15-19-11-5-7-13-21(19)23(24)26-17-18-9-3-2-4-10-18/h2-14H,17H2,1H3. The first-order chi connectivity index (χ1) is 12.8. The van der Waals surface area contributed by atoms with Crippen molar-refractivity contribution in [3.8, 4) is 17.6 Å². The highest BCUT2D eigenvalue weighted by atomic mass is 16.5. The molecule has 0 atom stereocenters. The number of hydrogen-bond acceptors (Lipinski definition) is 3. The smallest absolute Gasteiger partial charge is 0.339 e. The second-order valence-corrected chi connectivity index (χ2v) is 5.56. The third-order valence-corrected chi connectivity index (χ3v) is 3.80. The monoisotopic (exact) mass is 342 g/mol. The molecule has 0 heterocycles. The van der Waals surface area contributed by atoms with Crippen molar-refractivity contribution in [3.05, 3.63) is 101 Å². The van der Waals surface area contributed by atoms with Crippen LogP contribution in [0.5, 0.6) is 5.75 Å². The molecule has 0 N–H and O–H groups in total. The molecule has 26 heavy (non-hydrogen) atoms. The van der Waals surface area contributed by atoms with Crippen molar-refractivity contribution in [1.82, 2.24) is 0 Å². The molecule has 0 saturated carbocycles. The Morgan fingerprint density at radius 1 is 0.808 bits per heavy atom. The minimum absolute atomic E-state index is 0.230. The van der Waals surface area contributed by atoms with E-state index < -0.39 is 5.97 Å². The van der Waals surface area contributed by atoms with E-state index in [2.05, 4.69) is 11.8 Å². The van der Waals surface area contributed by atoms with E-state index in [1.807, 2.05) is 66.7 Å². The maximum absolute atomic E-state index is 12.5. The van der Waals surface area contributed by atoms with E-state index in [9.17, 15) is 4.79 Å². The third-order valence-electron chi connectivity index (χ3n) is 3.80. The molecular formula is C23H18O3. The number of methoxy groups -OCH3 is 1. The lowest BCUT2D eigenvalue weighted by Crippen LogP contribution is -2.07. The first-order valence-electron chi connectivity index (χ1n) is 8.23. The van der Waals surface area contributed by atoms with Gasteiger partial charge in [-0.3, -0.25) is 0 Å². The predicted molar refractivity (Wildman–Crippen MR) is 101 cm³/mol. The van der Waals surface area contributed by atoms with Crippen LogP contribution in [0.1, 0.15) is 27.0 Å². The number of para-hydroxylation sites is 1. The van der Waals surface area contributed by atoms with Crippen LogP contribution in [-0.2, 0) is 11.3 Å². The topological polar surface area (TPSA) is 35.5 Å². The lowest BCUT2D eigenvalue weighted by Gasteiger charge is -2.06. The van der Waals surface area contributed by atoms with Crippen molar-refractivity contribution >= 4 is 5.97 Å². The number of hydrogen-bond donors (Lipinski definition) is 0. The summed E-state index contributed by atoms with van der Waals surface area (Å²) in [5, 5.41) is 0. The largest absolute Gasteiger partial charge is 0.495 e.